The lowest BCUT2D eigenvalue weighted by Gasteiger charge is -2.24. The molecule has 19 heavy (non-hydrogen) atoms. The molecule has 0 bridgehead atoms. The van der Waals surface area contributed by atoms with Gasteiger partial charge in [0.2, 0.25) is 5.09 Å². The first-order valence-electron chi connectivity index (χ1n) is 5.96. The summed E-state index contributed by atoms with van der Waals surface area (Å²) in [5.41, 5.74) is -0.268. The van der Waals surface area contributed by atoms with Gasteiger partial charge in [0.05, 0.1) is 0 Å². The number of aliphatic hydroxyl groups excluding tert-OH is 1. The van der Waals surface area contributed by atoms with E-state index in [1.165, 1.54) is 12.1 Å². The van der Waals surface area contributed by atoms with E-state index < -0.39 is 10.0 Å². The molecule has 0 atom stereocenters. The Balaban J connectivity index is 2.67. The van der Waals surface area contributed by atoms with Crippen LogP contribution in [0.15, 0.2) is 21.6 Å². The first kappa shape index (κ1) is 15.9. The summed E-state index contributed by atoms with van der Waals surface area (Å²) in [4.78, 5) is 10.4. The highest BCUT2D eigenvalue weighted by molar-refractivity contribution is 7.89. The van der Waals surface area contributed by atoms with Crippen molar-refractivity contribution in [3.63, 3.8) is 0 Å². The Morgan fingerprint density at radius 1 is 1.42 bits per heavy atom. The van der Waals surface area contributed by atoms with Crippen molar-refractivity contribution in [1.29, 1.82) is 0 Å². The van der Waals surface area contributed by atoms with Gasteiger partial charge in [0.25, 0.3) is 10.0 Å². The molecular weight excluding hydrogens is 270 g/mol. The van der Waals surface area contributed by atoms with Gasteiger partial charge in [0, 0.05) is 13.2 Å². The van der Waals surface area contributed by atoms with Crippen LogP contribution in [0.3, 0.4) is 0 Å². The number of furan rings is 1. The van der Waals surface area contributed by atoms with Crippen LogP contribution in [-0.2, 0) is 10.0 Å². The molecule has 0 aliphatic carbocycles. The van der Waals surface area contributed by atoms with Crippen molar-refractivity contribution in [3.05, 3.63) is 17.9 Å². The van der Waals surface area contributed by atoms with Crippen LogP contribution < -0.4 is 4.72 Å². The molecule has 108 valence electrons. The topological polar surface area (TPSA) is 96.6 Å². The molecule has 0 amide bonds. The summed E-state index contributed by atoms with van der Waals surface area (Å²) in [6, 6.07) is 2.55. The zero-order chi connectivity index (χ0) is 14.5. The summed E-state index contributed by atoms with van der Waals surface area (Å²) in [6.07, 6.45) is 1.76. The Kier molecular flexibility index (Phi) is 5.28. The highest BCUT2D eigenvalue weighted by atomic mass is 32.2. The molecule has 1 aromatic rings. The Morgan fingerprint density at radius 3 is 2.63 bits per heavy atom. The Labute approximate surface area is 112 Å². The van der Waals surface area contributed by atoms with Crippen LogP contribution >= 0.6 is 0 Å². The van der Waals surface area contributed by atoms with Crippen molar-refractivity contribution in [1.82, 2.24) is 4.72 Å². The molecule has 0 aromatic carbocycles. The number of sulfonamides is 1. The molecule has 0 fully saturated rings. The second-order valence-corrected chi connectivity index (χ2v) is 6.79. The molecule has 0 spiro atoms. The van der Waals surface area contributed by atoms with Crippen LogP contribution in [0.5, 0.6) is 0 Å². The van der Waals surface area contributed by atoms with E-state index in [1.807, 2.05) is 13.8 Å². The average Bonchev–Trinajstić information content (AvgIpc) is 2.84. The smallest absolute Gasteiger partial charge is 0.273 e. The molecular formula is C12H19NO5S. The van der Waals surface area contributed by atoms with Crippen LogP contribution in [0.4, 0.5) is 0 Å². The van der Waals surface area contributed by atoms with Crippen molar-refractivity contribution in [3.8, 4) is 0 Å². The van der Waals surface area contributed by atoms with Gasteiger partial charge in [-0.15, -0.1) is 0 Å². The van der Waals surface area contributed by atoms with Crippen LogP contribution in [-0.4, -0.2) is 33.0 Å². The van der Waals surface area contributed by atoms with E-state index in [2.05, 4.69) is 4.72 Å². The lowest BCUT2D eigenvalue weighted by atomic mass is 9.88. The van der Waals surface area contributed by atoms with Crippen LogP contribution in [0.2, 0.25) is 0 Å². The lowest BCUT2D eigenvalue weighted by molar-refractivity contribution is 0.109. The molecule has 2 N–H and O–H groups in total. The monoisotopic (exact) mass is 289 g/mol. The third kappa shape index (κ3) is 4.77. The van der Waals surface area contributed by atoms with E-state index in [0.29, 0.717) is 19.1 Å². The zero-order valence-electron chi connectivity index (χ0n) is 11.0. The van der Waals surface area contributed by atoms with E-state index in [4.69, 9.17) is 9.52 Å². The fraction of sp³-hybridized carbons (Fsp3) is 0.583. The van der Waals surface area contributed by atoms with Crippen LogP contribution in [0.25, 0.3) is 0 Å². The molecule has 1 heterocycles. The van der Waals surface area contributed by atoms with Gasteiger partial charge in [0.1, 0.15) is 0 Å². The SMILES string of the molecule is CC(C)(CCCO)CNS(=O)(=O)c1ccc(C=O)o1. The van der Waals surface area contributed by atoms with Crippen molar-refractivity contribution < 1.29 is 22.7 Å². The van der Waals surface area contributed by atoms with Gasteiger partial charge in [-0.2, -0.15) is 0 Å². The van der Waals surface area contributed by atoms with Gasteiger partial charge < -0.3 is 9.52 Å². The number of hydrogen-bond donors (Lipinski definition) is 2. The fourth-order valence-electron chi connectivity index (χ4n) is 1.55. The molecule has 7 heteroatoms. The summed E-state index contributed by atoms with van der Waals surface area (Å²) in [5, 5.41) is 8.51. The van der Waals surface area contributed by atoms with Crippen molar-refractivity contribution in [2.75, 3.05) is 13.2 Å². The first-order valence-corrected chi connectivity index (χ1v) is 7.44. The molecule has 1 aromatic heterocycles. The van der Waals surface area contributed by atoms with E-state index >= 15 is 0 Å². The number of carbonyl (C=O) groups excluding carboxylic acids is 1. The number of rotatable bonds is 8. The third-order valence-electron chi connectivity index (χ3n) is 2.74. The van der Waals surface area contributed by atoms with Gasteiger partial charge in [-0.3, -0.25) is 4.79 Å². The maximum atomic E-state index is 11.9. The summed E-state index contributed by atoms with van der Waals surface area (Å²) in [6.45, 7) is 4.12. The summed E-state index contributed by atoms with van der Waals surface area (Å²) in [7, 11) is -3.75. The predicted molar refractivity (Wildman–Crippen MR) is 69.4 cm³/mol. The second kappa shape index (κ2) is 6.31. The number of aliphatic hydroxyl groups is 1. The van der Waals surface area contributed by atoms with Gasteiger partial charge in [0.15, 0.2) is 12.0 Å². The zero-order valence-corrected chi connectivity index (χ0v) is 11.9. The average molecular weight is 289 g/mol. The largest absolute Gasteiger partial charge is 0.440 e. The fourth-order valence-corrected chi connectivity index (χ4v) is 2.73. The molecule has 0 saturated carbocycles. The first-order chi connectivity index (χ1) is 8.80. The van der Waals surface area contributed by atoms with E-state index in [0.717, 1.165) is 0 Å². The molecule has 1 rings (SSSR count). The van der Waals surface area contributed by atoms with Gasteiger partial charge in [-0.05, 0) is 30.4 Å². The maximum Gasteiger partial charge on any atom is 0.273 e. The van der Waals surface area contributed by atoms with E-state index in [1.54, 1.807) is 0 Å². The quantitative estimate of drug-likeness (QED) is 0.700. The highest BCUT2D eigenvalue weighted by Crippen LogP contribution is 2.22. The summed E-state index contributed by atoms with van der Waals surface area (Å²) in [5.74, 6) is -0.0279. The summed E-state index contributed by atoms with van der Waals surface area (Å²) >= 11 is 0. The van der Waals surface area contributed by atoms with Crippen molar-refractivity contribution >= 4 is 16.3 Å². The molecule has 0 radical (unpaired) electrons. The minimum Gasteiger partial charge on any atom is -0.440 e. The Morgan fingerprint density at radius 2 is 2.11 bits per heavy atom. The number of carbonyl (C=O) groups is 1. The molecule has 6 nitrogen and oxygen atoms in total. The number of aldehydes is 1. The normalized spacial score (nSPS) is 12.6. The van der Waals surface area contributed by atoms with Gasteiger partial charge in [-0.1, -0.05) is 13.8 Å². The number of hydrogen-bond acceptors (Lipinski definition) is 5. The van der Waals surface area contributed by atoms with Crippen molar-refractivity contribution in [2.24, 2.45) is 5.41 Å². The van der Waals surface area contributed by atoms with E-state index in [9.17, 15) is 13.2 Å². The molecule has 0 unspecified atom stereocenters. The van der Waals surface area contributed by atoms with Crippen LogP contribution in [0, 0.1) is 5.41 Å². The lowest BCUT2D eigenvalue weighted by Crippen LogP contribution is -2.34. The highest BCUT2D eigenvalue weighted by Gasteiger charge is 2.24. The minimum absolute atomic E-state index is 0.0279. The standard InChI is InChI=1S/C12H19NO5S/c1-12(2,6-3-7-14)9-13-19(16,17)11-5-4-10(8-15)18-11/h4-5,8,13-14H,3,6-7,9H2,1-2H3. The molecule has 0 aliphatic heterocycles. The van der Waals surface area contributed by atoms with Crippen molar-refractivity contribution in [2.45, 2.75) is 31.8 Å². The minimum atomic E-state index is -3.75. The predicted octanol–water partition coefficient (Wildman–Crippen LogP) is 1.17. The molecule has 0 aliphatic rings. The van der Waals surface area contributed by atoms with E-state index in [-0.39, 0.29) is 29.4 Å². The van der Waals surface area contributed by atoms with Crippen LogP contribution in [0.1, 0.15) is 37.2 Å². The molecule has 0 saturated heterocycles. The number of nitrogens with one attached hydrogen (secondary N) is 1. The Hall–Kier alpha value is -1.18. The van der Waals surface area contributed by atoms with Gasteiger partial charge in [-0.25, -0.2) is 13.1 Å². The second-order valence-electron chi connectivity index (χ2n) is 5.09. The Bertz CT molecular complexity index is 518. The summed E-state index contributed by atoms with van der Waals surface area (Å²) < 4.78 is 31.2. The third-order valence-corrected chi connectivity index (χ3v) is 4.01. The van der Waals surface area contributed by atoms with Gasteiger partial charge >= 0.3 is 0 Å². The maximum absolute atomic E-state index is 11.9.